The number of pyridine rings is 1. The fourth-order valence-corrected chi connectivity index (χ4v) is 3.02. The summed E-state index contributed by atoms with van der Waals surface area (Å²) in [6.07, 6.45) is 0. The molecule has 27 heavy (non-hydrogen) atoms. The Labute approximate surface area is 158 Å². The molecule has 140 valence electrons. The largest absolute Gasteiger partial charge is 0.497 e. The van der Waals surface area contributed by atoms with Crippen LogP contribution in [0.1, 0.15) is 36.7 Å². The lowest BCUT2D eigenvalue weighted by molar-refractivity contribution is 0.0699. The van der Waals surface area contributed by atoms with Gasteiger partial charge in [-0.05, 0) is 47.4 Å². The topological polar surface area (TPSA) is 68.7 Å². The predicted octanol–water partition coefficient (Wildman–Crippen LogP) is 4.91. The van der Waals surface area contributed by atoms with Gasteiger partial charge in [0, 0.05) is 10.9 Å². The number of fused-ring (bicyclic) bond motifs is 1. The molecule has 0 aliphatic carbocycles. The van der Waals surface area contributed by atoms with Gasteiger partial charge in [0.15, 0.2) is 0 Å². The highest BCUT2D eigenvalue weighted by Crippen LogP contribution is 2.35. The third kappa shape index (κ3) is 3.58. The van der Waals surface area contributed by atoms with Gasteiger partial charge in [0.2, 0.25) is 0 Å². The van der Waals surface area contributed by atoms with Crippen molar-refractivity contribution in [2.45, 2.75) is 26.2 Å². The standard InChI is InChI=1S/C22H23NO4/c1-22(2,3)13-6-8-18-15(10-13)16(21(24)25)12-19(23-18)17-11-14(26-4)7-9-20(17)27-5/h6-12H,1-5H3,(H,24,25). The molecule has 0 spiro atoms. The van der Waals surface area contributed by atoms with Crippen LogP contribution in [0.4, 0.5) is 0 Å². The van der Waals surface area contributed by atoms with E-state index in [1.165, 1.54) is 0 Å². The second-order valence-corrected chi connectivity index (χ2v) is 7.41. The molecule has 1 N–H and O–H groups in total. The number of ether oxygens (including phenoxy) is 2. The first-order valence-corrected chi connectivity index (χ1v) is 8.65. The lowest BCUT2D eigenvalue weighted by Gasteiger charge is -2.20. The maximum Gasteiger partial charge on any atom is 0.336 e. The average molecular weight is 365 g/mol. The average Bonchev–Trinajstić information content (AvgIpc) is 2.65. The van der Waals surface area contributed by atoms with Crippen molar-refractivity contribution in [3.63, 3.8) is 0 Å². The van der Waals surface area contributed by atoms with E-state index in [-0.39, 0.29) is 11.0 Å². The smallest absolute Gasteiger partial charge is 0.336 e. The van der Waals surface area contributed by atoms with Crippen molar-refractivity contribution in [1.29, 1.82) is 0 Å². The molecule has 0 aliphatic rings. The highest BCUT2D eigenvalue weighted by Gasteiger charge is 2.19. The van der Waals surface area contributed by atoms with Crippen molar-refractivity contribution < 1.29 is 19.4 Å². The van der Waals surface area contributed by atoms with E-state index in [2.05, 4.69) is 20.8 Å². The predicted molar refractivity (Wildman–Crippen MR) is 106 cm³/mol. The van der Waals surface area contributed by atoms with Crippen LogP contribution in [0, 0.1) is 0 Å². The first-order valence-electron chi connectivity index (χ1n) is 8.65. The summed E-state index contributed by atoms with van der Waals surface area (Å²) in [5, 5.41) is 10.4. The molecule has 0 saturated heterocycles. The fraction of sp³-hybridized carbons (Fsp3) is 0.273. The van der Waals surface area contributed by atoms with Crippen LogP contribution in [0.5, 0.6) is 11.5 Å². The molecule has 0 radical (unpaired) electrons. The number of carboxylic acid groups (broad SMARTS) is 1. The summed E-state index contributed by atoms with van der Waals surface area (Å²) in [4.78, 5) is 16.7. The number of hydrogen-bond acceptors (Lipinski definition) is 4. The summed E-state index contributed by atoms with van der Waals surface area (Å²) in [5.74, 6) is 0.259. The van der Waals surface area contributed by atoms with Gasteiger partial charge in [-0.2, -0.15) is 0 Å². The highest BCUT2D eigenvalue weighted by molar-refractivity contribution is 6.04. The van der Waals surface area contributed by atoms with Crippen LogP contribution < -0.4 is 9.47 Å². The summed E-state index contributed by atoms with van der Waals surface area (Å²) < 4.78 is 10.7. The van der Waals surface area contributed by atoms with E-state index in [4.69, 9.17) is 14.5 Å². The van der Waals surface area contributed by atoms with Crippen molar-refractivity contribution >= 4 is 16.9 Å². The summed E-state index contributed by atoms with van der Waals surface area (Å²) in [7, 11) is 3.15. The molecule has 2 aromatic carbocycles. The normalized spacial score (nSPS) is 11.4. The molecule has 0 atom stereocenters. The molecular formula is C22H23NO4. The minimum Gasteiger partial charge on any atom is -0.497 e. The number of nitrogens with zero attached hydrogens (tertiary/aromatic N) is 1. The molecule has 1 heterocycles. The number of aromatic carboxylic acids is 1. The van der Waals surface area contributed by atoms with Gasteiger partial charge in [0.25, 0.3) is 0 Å². The monoisotopic (exact) mass is 365 g/mol. The number of carbonyl (C=O) groups is 1. The molecular weight excluding hydrogens is 342 g/mol. The summed E-state index contributed by atoms with van der Waals surface area (Å²) in [6.45, 7) is 6.28. The second kappa shape index (κ2) is 6.91. The Morgan fingerprint density at radius 1 is 1.00 bits per heavy atom. The van der Waals surface area contributed by atoms with Crippen LogP contribution in [-0.4, -0.2) is 30.3 Å². The fourth-order valence-electron chi connectivity index (χ4n) is 3.02. The molecule has 0 unspecified atom stereocenters. The van der Waals surface area contributed by atoms with Gasteiger partial charge in [-0.15, -0.1) is 0 Å². The Hall–Kier alpha value is -3.08. The van der Waals surface area contributed by atoms with E-state index >= 15 is 0 Å². The van der Waals surface area contributed by atoms with Gasteiger partial charge in [-0.3, -0.25) is 0 Å². The zero-order chi connectivity index (χ0) is 19.8. The van der Waals surface area contributed by atoms with Crippen LogP contribution in [0.3, 0.4) is 0 Å². The quantitative estimate of drug-likeness (QED) is 0.711. The highest BCUT2D eigenvalue weighted by atomic mass is 16.5. The zero-order valence-corrected chi connectivity index (χ0v) is 16.2. The number of aromatic nitrogens is 1. The first-order chi connectivity index (χ1) is 12.7. The van der Waals surface area contributed by atoms with Crippen molar-refractivity contribution in [2.24, 2.45) is 0 Å². The molecule has 0 saturated carbocycles. The van der Waals surface area contributed by atoms with Gasteiger partial charge in [-0.1, -0.05) is 26.8 Å². The van der Waals surface area contributed by atoms with E-state index < -0.39 is 5.97 Å². The molecule has 5 heteroatoms. The molecule has 0 fully saturated rings. The Bertz CT molecular complexity index is 1020. The molecule has 5 nitrogen and oxygen atoms in total. The van der Waals surface area contributed by atoms with Gasteiger partial charge in [0.1, 0.15) is 11.5 Å². The molecule has 0 aliphatic heterocycles. The van der Waals surface area contributed by atoms with E-state index in [0.29, 0.717) is 33.7 Å². The molecule has 0 bridgehead atoms. The van der Waals surface area contributed by atoms with Crippen LogP contribution in [0.2, 0.25) is 0 Å². The Kier molecular flexibility index (Phi) is 4.79. The second-order valence-electron chi connectivity index (χ2n) is 7.41. The first kappa shape index (κ1) is 18.7. The van der Waals surface area contributed by atoms with Crippen LogP contribution in [0.15, 0.2) is 42.5 Å². The third-order valence-corrected chi connectivity index (χ3v) is 4.59. The van der Waals surface area contributed by atoms with E-state index in [0.717, 1.165) is 5.56 Å². The summed E-state index contributed by atoms with van der Waals surface area (Å²) in [6, 6.07) is 12.7. The van der Waals surface area contributed by atoms with E-state index in [1.54, 1.807) is 38.5 Å². The van der Waals surface area contributed by atoms with Gasteiger partial charge in [-0.25, -0.2) is 9.78 Å². The summed E-state index contributed by atoms with van der Waals surface area (Å²) >= 11 is 0. The summed E-state index contributed by atoms with van der Waals surface area (Å²) in [5.41, 5.74) is 3.03. The molecule has 1 aromatic heterocycles. The molecule has 0 amide bonds. The van der Waals surface area contributed by atoms with Crippen molar-refractivity contribution in [1.82, 2.24) is 4.98 Å². The number of rotatable bonds is 4. The molecule has 3 aromatic rings. The number of benzene rings is 2. The van der Waals surface area contributed by atoms with Crippen LogP contribution in [0.25, 0.3) is 22.2 Å². The van der Waals surface area contributed by atoms with Gasteiger partial charge in [0.05, 0.1) is 31.0 Å². The van der Waals surface area contributed by atoms with E-state index in [9.17, 15) is 9.90 Å². The van der Waals surface area contributed by atoms with Gasteiger partial charge >= 0.3 is 5.97 Å². The maximum absolute atomic E-state index is 12.0. The molecule has 3 rings (SSSR count). The Morgan fingerprint density at radius 2 is 1.74 bits per heavy atom. The SMILES string of the molecule is COc1ccc(OC)c(-c2cc(C(=O)O)c3cc(C(C)(C)C)ccc3n2)c1. The minimum absolute atomic E-state index is 0.0847. The van der Waals surface area contributed by atoms with E-state index in [1.807, 2.05) is 18.2 Å². The number of carboxylic acids is 1. The van der Waals surface area contributed by atoms with Crippen molar-refractivity contribution in [3.8, 4) is 22.8 Å². The lowest BCUT2D eigenvalue weighted by Crippen LogP contribution is -2.11. The lowest BCUT2D eigenvalue weighted by atomic mass is 9.86. The number of hydrogen-bond donors (Lipinski definition) is 1. The Balaban J connectivity index is 2.30. The van der Waals surface area contributed by atoms with Crippen LogP contribution >= 0.6 is 0 Å². The minimum atomic E-state index is -0.989. The van der Waals surface area contributed by atoms with Gasteiger partial charge < -0.3 is 14.6 Å². The third-order valence-electron chi connectivity index (χ3n) is 4.59. The van der Waals surface area contributed by atoms with Crippen molar-refractivity contribution in [3.05, 3.63) is 53.6 Å². The van der Waals surface area contributed by atoms with Crippen LogP contribution in [-0.2, 0) is 5.41 Å². The Morgan fingerprint density at radius 3 is 2.33 bits per heavy atom. The maximum atomic E-state index is 12.0. The number of methoxy groups -OCH3 is 2. The van der Waals surface area contributed by atoms with Crippen molar-refractivity contribution in [2.75, 3.05) is 14.2 Å². The zero-order valence-electron chi connectivity index (χ0n) is 16.2.